The van der Waals surface area contributed by atoms with Crippen molar-refractivity contribution in [3.8, 4) is 0 Å². The second kappa shape index (κ2) is 3.73. The second-order valence-electron chi connectivity index (χ2n) is 3.87. The Morgan fingerprint density at radius 3 is 2.39 bits per heavy atom. The monoisotopic (exact) mass is 241 g/mol. The first kappa shape index (κ1) is 10.6. The maximum Gasteiger partial charge on any atom is 0.250 e. The summed E-state index contributed by atoms with van der Waals surface area (Å²) in [4.78, 5) is 19.7. The number of halogens is 1. The van der Waals surface area contributed by atoms with Crippen LogP contribution in [0.25, 0.3) is 22.1 Å². The van der Waals surface area contributed by atoms with E-state index in [2.05, 4.69) is 9.97 Å². The molecule has 18 heavy (non-hydrogen) atoms. The number of hydrogen-bond acceptors (Lipinski definition) is 3. The van der Waals surface area contributed by atoms with Crippen molar-refractivity contribution in [2.45, 2.75) is 0 Å². The van der Waals surface area contributed by atoms with E-state index in [0.717, 1.165) is 0 Å². The van der Waals surface area contributed by atoms with Gasteiger partial charge in [-0.05, 0) is 24.3 Å². The molecule has 2 N–H and O–H groups in total. The zero-order valence-electron chi connectivity index (χ0n) is 9.22. The molecule has 3 rings (SSSR count). The van der Waals surface area contributed by atoms with Crippen LogP contribution in [0.5, 0.6) is 0 Å². The molecule has 1 heterocycles. The zero-order chi connectivity index (χ0) is 12.7. The predicted octanol–water partition coefficient (Wildman–Crippen LogP) is 2.02. The fraction of sp³-hybridized carbons (Fsp3) is 0. The van der Waals surface area contributed by atoms with Gasteiger partial charge < -0.3 is 5.73 Å². The highest BCUT2D eigenvalue weighted by Crippen LogP contribution is 2.20. The van der Waals surface area contributed by atoms with E-state index in [9.17, 15) is 9.18 Å². The van der Waals surface area contributed by atoms with E-state index in [-0.39, 0.29) is 11.1 Å². The lowest BCUT2D eigenvalue weighted by molar-refractivity contribution is 0.100. The molecule has 0 aliphatic carbocycles. The minimum atomic E-state index is -0.606. The van der Waals surface area contributed by atoms with Crippen LogP contribution < -0.4 is 5.73 Å². The van der Waals surface area contributed by atoms with E-state index < -0.39 is 11.7 Å². The highest BCUT2D eigenvalue weighted by atomic mass is 19.1. The van der Waals surface area contributed by atoms with Crippen LogP contribution in [-0.2, 0) is 0 Å². The third-order valence-electron chi connectivity index (χ3n) is 2.71. The molecule has 0 bridgehead atoms. The van der Waals surface area contributed by atoms with Gasteiger partial charge in [-0.15, -0.1) is 0 Å². The molecule has 0 atom stereocenters. The lowest BCUT2D eigenvalue weighted by Gasteiger charge is -2.04. The number of amides is 1. The molecule has 3 aromatic rings. The van der Waals surface area contributed by atoms with Gasteiger partial charge in [0.15, 0.2) is 5.82 Å². The Kier molecular flexibility index (Phi) is 2.19. The Morgan fingerprint density at radius 1 is 1.00 bits per heavy atom. The molecule has 0 fully saturated rings. The van der Waals surface area contributed by atoms with Crippen molar-refractivity contribution in [3.05, 3.63) is 47.8 Å². The molecule has 0 aliphatic heterocycles. The molecule has 0 unspecified atom stereocenters. The molecule has 0 aliphatic rings. The Labute approximate surface area is 101 Å². The van der Waals surface area contributed by atoms with Crippen LogP contribution in [-0.4, -0.2) is 15.9 Å². The molecule has 0 saturated heterocycles. The van der Waals surface area contributed by atoms with Crippen LogP contribution in [0.4, 0.5) is 4.39 Å². The van der Waals surface area contributed by atoms with E-state index in [0.29, 0.717) is 16.6 Å². The van der Waals surface area contributed by atoms with Crippen molar-refractivity contribution >= 4 is 28.0 Å². The molecule has 0 radical (unpaired) electrons. The zero-order valence-corrected chi connectivity index (χ0v) is 9.22. The summed E-state index contributed by atoms with van der Waals surface area (Å²) in [5.41, 5.74) is 6.93. The number of primary amides is 1. The number of aromatic nitrogens is 2. The van der Waals surface area contributed by atoms with Crippen LogP contribution in [0.15, 0.2) is 36.4 Å². The lowest BCUT2D eigenvalue weighted by Crippen LogP contribution is -2.12. The average Bonchev–Trinajstić information content (AvgIpc) is 2.36. The largest absolute Gasteiger partial charge is 0.366 e. The topological polar surface area (TPSA) is 68.9 Å². The van der Waals surface area contributed by atoms with Crippen molar-refractivity contribution in [2.75, 3.05) is 0 Å². The van der Waals surface area contributed by atoms with Gasteiger partial charge in [-0.2, -0.15) is 0 Å². The maximum atomic E-state index is 13.6. The van der Waals surface area contributed by atoms with Gasteiger partial charge in [0, 0.05) is 0 Å². The summed E-state index contributed by atoms with van der Waals surface area (Å²) in [5.74, 6) is -1.08. The first-order chi connectivity index (χ1) is 8.66. The molecular formula is C13H8FN3O. The number of carbonyl (C=O) groups is 1. The Morgan fingerprint density at radius 2 is 1.67 bits per heavy atom. The predicted molar refractivity (Wildman–Crippen MR) is 65.5 cm³/mol. The van der Waals surface area contributed by atoms with Crippen LogP contribution in [0.3, 0.4) is 0 Å². The number of hydrogen-bond donors (Lipinski definition) is 1. The fourth-order valence-electron chi connectivity index (χ4n) is 1.88. The van der Waals surface area contributed by atoms with Crippen LogP contribution in [0.2, 0.25) is 0 Å². The smallest absolute Gasteiger partial charge is 0.250 e. The van der Waals surface area contributed by atoms with Crippen molar-refractivity contribution in [2.24, 2.45) is 5.73 Å². The summed E-state index contributed by atoms with van der Waals surface area (Å²) in [7, 11) is 0. The molecule has 1 aromatic heterocycles. The molecule has 5 heteroatoms. The number of benzene rings is 2. The van der Waals surface area contributed by atoms with E-state index >= 15 is 0 Å². The normalized spacial score (nSPS) is 10.9. The minimum absolute atomic E-state index is 0.138. The summed E-state index contributed by atoms with van der Waals surface area (Å²) in [6.45, 7) is 0. The maximum absolute atomic E-state index is 13.6. The van der Waals surface area contributed by atoms with Crippen LogP contribution in [0.1, 0.15) is 10.4 Å². The molecule has 4 nitrogen and oxygen atoms in total. The summed E-state index contributed by atoms with van der Waals surface area (Å²) in [6.07, 6.45) is 0. The van der Waals surface area contributed by atoms with Crippen molar-refractivity contribution in [1.29, 1.82) is 0 Å². The molecular weight excluding hydrogens is 233 g/mol. The number of para-hydroxylation sites is 2. The summed E-state index contributed by atoms with van der Waals surface area (Å²) in [6, 6.07) is 9.46. The fourth-order valence-corrected chi connectivity index (χ4v) is 1.88. The summed E-state index contributed by atoms with van der Waals surface area (Å²) < 4.78 is 13.6. The standard InChI is InChI=1S/C13H8FN3O/c14-8-4-2-6-10-12(8)17-11-7(13(15)18)3-1-5-9(11)16-10/h1-6H,(H2,15,18). The number of rotatable bonds is 1. The number of fused-ring (bicyclic) bond motifs is 2. The minimum Gasteiger partial charge on any atom is -0.366 e. The van der Waals surface area contributed by atoms with Crippen LogP contribution in [0, 0.1) is 5.82 Å². The van der Waals surface area contributed by atoms with E-state index in [1.165, 1.54) is 6.07 Å². The summed E-state index contributed by atoms with van der Waals surface area (Å²) >= 11 is 0. The van der Waals surface area contributed by atoms with Gasteiger partial charge in [-0.1, -0.05) is 12.1 Å². The first-order valence-electron chi connectivity index (χ1n) is 5.31. The van der Waals surface area contributed by atoms with Gasteiger partial charge in [0.05, 0.1) is 16.6 Å². The van der Waals surface area contributed by atoms with Crippen LogP contribution >= 0.6 is 0 Å². The van der Waals surface area contributed by atoms with Gasteiger partial charge in [-0.25, -0.2) is 14.4 Å². The van der Waals surface area contributed by atoms with Crippen molar-refractivity contribution in [3.63, 3.8) is 0 Å². The lowest BCUT2D eigenvalue weighted by atomic mass is 10.1. The highest BCUT2D eigenvalue weighted by Gasteiger charge is 2.11. The Balaban J connectivity index is 2.50. The second-order valence-corrected chi connectivity index (χ2v) is 3.87. The van der Waals surface area contributed by atoms with Gasteiger partial charge in [0.1, 0.15) is 11.0 Å². The number of nitrogens with zero attached hydrogens (tertiary/aromatic N) is 2. The summed E-state index contributed by atoms with van der Waals surface area (Å²) in [5, 5.41) is 0. The van der Waals surface area contributed by atoms with Gasteiger partial charge in [0.2, 0.25) is 0 Å². The molecule has 0 spiro atoms. The quantitative estimate of drug-likeness (QED) is 0.662. The van der Waals surface area contributed by atoms with Crippen molar-refractivity contribution < 1.29 is 9.18 Å². The van der Waals surface area contributed by atoms with E-state index in [4.69, 9.17) is 5.73 Å². The molecule has 88 valence electrons. The van der Waals surface area contributed by atoms with Gasteiger partial charge in [0.25, 0.3) is 5.91 Å². The first-order valence-corrected chi connectivity index (χ1v) is 5.31. The molecule has 2 aromatic carbocycles. The van der Waals surface area contributed by atoms with E-state index in [1.54, 1.807) is 30.3 Å². The third kappa shape index (κ3) is 1.48. The van der Waals surface area contributed by atoms with Gasteiger partial charge >= 0.3 is 0 Å². The number of nitrogens with two attached hydrogens (primary N) is 1. The Hall–Kier alpha value is -2.56. The third-order valence-corrected chi connectivity index (χ3v) is 2.71. The average molecular weight is 241 g/mol. The Bertz CT molecular complexity index is 786. The van der Waals surface area contributed by atoms with E-state index in [1.807, 2.05) is 0 Å². The highest BCUT2D eigenvalue weighted by molar-refractivity contribution is 6.05. The van der Waals surface area contributed by atoms with Gasteiger partial charge in [-0.3, -0.25) is 4.79 Å². The van der Waals surface area contributed by atoms with Crippen molar-refractivity contribution in [1.82, 2.24) is 9.97 Å². The number of carbonyl (C=O) groups excluding carboxylic acids is 1. The molecule has 1 amide bonds. The molecule has 0 saturated carbocycles. The SMILES string of the molecule is NC(=O)c1cccc2nc3cccc(F)c3nc12.